The highest BCUT2D eigenvalue weighted by Gasteiger charge is 2.15. The van der Waals surface area contributed by atoms with Crippen molar-refractivity contribution in [3.05, 3.63) is 53.8 Å². The van der Waals surface area contributed by atoms with Gasteiger partial charge in [0.25, 0.3) is 5.91 Å². The molecule has 0 saturated heterocycles. The average molecular weight is 382 g/mol. The van der Waals surface area contributed by atoms with Crippen molar-refractivity contribution in [1.29, 1.82) is 0 Å². The fourth-order valence-corrected chi connectivity index (χ4v) is 2.03. The molecule has 6 nitrogen and oxygen atoms in total. The van der Waals surface area contributed by atoms with Crippen LogP contribution in [0.3, 0.4) is 0 Å². The Morgan fingerprint density at radius 1 is 0.926 bits per heavy atom. The zero-order chi connectivity index (χ0) is 19.8. The molecule has 0 bridgehead atoms. The van der Waals surface area contributed by atoms with Gasteiger partial charge >= 0.3 is 0 Å². The Kier molecular flexibility index (Phi) is 7.04. The van der Waals surface area contributed by atoms with E-state index in [9.17, 15) is 22.8 Å². The summed E-state index contributed by atoms with van der Waals surface area (Å²) in [6.45, 7) is 1.34. The number of hydrogen-bond donors (Lipinski definition) is 2. The lowest BCUT2D eigenvalue weighted by molar-refractivity contribution is -0.125. The van der Waals surface area contributed by atoms with Crippen LogP contribution in [0, 0.1) is 17.5 Å². The maximum absolute atomic E-state index is 13.5. The van der Waals surface area contributed by atoms with Crippen LogP contribution in [0.4, 0.5) is 18.9 Å². The fourth-order valence-electron chi connectivity index (χ4n) is 2.03. The van der Waals surface area contributed by atoms with Crippen LogP contribution in [0.5, 0.6) is 11.5 Å². The van der Waals surface area contributed by atoms with Gasteiger partial charge in [-0.25, -0.2) is 13.2 Å². The van der Waals surface area contributed by atoms with Gasteiger partial charge in [0.2, 0.25) is 5.91 Å². The Bertz CT molecular complexity index is 830. The Hall–Kier alpha value is -3.23. The lowest BCUT2D eigenvalue weighted by Crippen LogP contribution is -2.36. The molecule has 0 heterocycles. The first kappa shape index (κ1) is 20.1. The molecule has 0 aliphatic rings. The van der Waals surface area contributed by atoms with Crippen molar-refractivity contribution in [2.45, 2.75) is 6.92 Å². The van der Waals surface area contributed by atoms with Gasteiger partial charge in [-0.3, -0.25) is 9.59 Å². The van der Waals surface area contributed by atoms with Gasteiger partial charge in [0.15, 0.2) is 35.6 Å². The monoisotopic (exact) mass is 382 g/mol. The molecule has 2 aromatic rings. The first-order valence-electron chi connectivity index (χ1n) is 7.97. The summed E-state index contributed by atoms with van der Waals surface area (Å²) in [6, 6.07) is 8.31. The summed E-state index contributed by atoms with van der Waals surface area (Å²) in [7, 11) is 0. The van der Waals surface area contributed by atoms with Crippen LogP contribution in [-0.2, 0) is 9.59 Å². The van der Waals surface area contributed by atoms with Crippen LogP contribution < -0.4 is 20.1 Å². The zero-order valence-corrected chi connectivity index (χ0v) is 14.4. The molecule has 144 valence electrons. The molecule has 0 saturated carbocycles. The van der Waals surface area contributed by atoms with E-state index in [4.69, 9.17) is 9.47 Å². The molecule has 27 heavy (non-hydrogen) atoms. The van der Waals surface area contributed by atoms with Gasteiger partial charge in [-0.2, -0.15) is 0 Å². The lowest BCUT2D eigenvalue weighted by atomic mass is 10.2. The standard InChI is InChI=1S/C18H17F3N2O4/c1-2-26-13-5-3-4-6-14(13)27-10-16(25)22-9-15(24)23-12-8-7-11(19)17(20)18(12)21/h3-8H,2,9-10H2,1H3,(H,22,25)(H,23,24). The van der Waals surface area contributed by atoms with Crippen molar-refractivity contribution < 1.29 is 32.2 Å². The van der Waals surface area contributed by atoms with Crippen LogP contribution in [0.2, 0.25) is 0 Å². The number of para-hydroxylation sites is 2. The van der Waals surface area contributed by atoms with Gasteiger partial charge in [0.05, 0.1) is 18.8 Å². The van der Waals surface area contributed by atoms with E-state index in [1.54, 1.807) is 31.2 Å². The van der Waals surface area contributed by atoms with Crippen LogP contribution in [0.15, 0.2) is 36.4 Å². The second-order valence-electron chi connectivity index (χ2n) is 5.22. The summed E-state index contributed by atoms with van der Waals surface area (Å²) in [5.74, 6) is -5.18. The molecule has 2 rings (SSSR count). The van der Waals surface area contributed by atoms with Crippen molar-refractivity contribution in [1.82, 2.24) is 5.32 Å². The second-order valence-corrected chi connectivity index (χ2v) is 5.22. The Morgan fingerprint density at radius 2 is 1.59 bits per heavy atom. The Labute approximate surface area is 153 Å². The molecule has 0 unspecified atom stereocenters. The van der Waals surface area contributed by atoms with Gasteiger partial charge in [0, 0.05) is 0 Å². The minimum atomic E-state index is -1.70. The molecule has 0 aliphatic heterocycles. The molecule has 9 heteroatoms. The van der Waals surface area contributed by atoms with Crippen LogP contribution >= 0.6 is 0 Å². The van der Waals surface area contributed by atoms with Crippen LogP contribution in [0.1, 0.15) is 6.92 Å². The molecule has 2 amide bonds. The summed E-state index contributed by atoms with van der Waals surface area (Å²) < 4.78 is 50.1. The van der Waals surface area contributed by atoms with E-state index < -0.39 is 41.5 Å². The molecule has 0 spiro atoms. The largest absolute Gasteiger partial charge is 0.490 e. The topological polar surface area (TPSA) is 76.7 Å². The third-order valence-corrected chi connectivity index (χ3v) is 3.26. The molecule has 0 fully saturated rings. The predicted octanol–water partition coefficient (Wildman–Crippen LogP) is 2.64. The molecule has 2 aromatic carbocycles. The fraction of sp³-hybridized carbons (Fsp3) is 0.222. The van der Waals surface area contributed by atoms with Gasteiger partial charge in [-0.15, -0.1) is 0 Å². The SMILES string of the molecule is CCOc1ccccc1OCC(=O)NCC(=O)Nc1ccc(F)c(F)c1F. The number of anilines is 1. The van der Waals surface area contributed by atoms with E-state index in [0.717, 1.165) is 6.07 Å². The van der Waals surface area contributed by atoms with Crippen molar-refractivity contribution in [2.24, 2.45) is 0 Å². The first-order valence-corrected chi connectivity index (χ1v) is 7.97. The number of amides is 2. The van der Waals surface area contributed by atoms with Gasteiger partial charge in [0.1, 0.15) is 0 Å². The van der Waals surface area contributed by atoms with Crippen molar-refractivity contribution in [2.75, 3.05) is 25.1 Å². The molecule has 0 aromatic heterocycles. The van der Waals surface area contributed by atoms with E-state index in [2.05, 4.69) is 5.32 Å². The number of hydrogen-bond acceptors (Lipinski definition) is 4. The molecule has 0 aliphatic carbocycles. The molecular weight excluding hydrogens is 365 g/mol. The lowest BCUT2D eigenvalue weighted by Gasteiger charge is -2.12. The highest BCUT2D eigenvalue weighted by Crippen LogP contribution is 2.26. The first-order chi connectivity index (χ1) is 12.9. The number of nitrogens with one attached hydrogen (secondary N) is 2. The van der Waals surface area contributed by atoms with E-state index in [1.807, 2.05) is 5.32 Å². The summed E-state index contributed by atoms with van der Waals surface area (Å²) in [4.78, 5) is 23.5. The number of rotatable bonds is 8. The van der Waals surface area contributed by atoms with Crippen molar-refractivity contribution in [3.63, 3.8) is 0 Å². The summed E-state index contributed by atoms with van der Waals surface area (Å²) >= 11 is 0. The average Bonchev–Trinajstić information content (AvgIpc) is 2.66. The molecule has 0 radical (unpaired) electrons. The minimum absolute atomic E-state index is 0.364. The number of ether oxygens (including phenoxy) is 2. The normalized spacial score (nSPS) is 10.2. The smallest absolute Gasteiger partial charge is 0.258 e. The summed E-state index contributed by atoms with van der Waals surface area (Å²) in [5, 5.41) is 4.30. The highest BCUT2D eigenvalue weighted by molar-refractivity contribution is 5.94. The quantitative estimate of drug-likeness (QED) is 0.689. The van der Waals surface area contributed by atoms with Gasteiger partial charge < -0.3 is 20.1 Å². The molecular formula is C18H17F3N2O4. The van der Waals surface area contributed by atoms with E-state index >= 15 is 0 Å². The van der Waals surface area contributed by atoms with E-state index in [1.165, 1.54) is 0 Å². The molecule has 2 N–H and O–H groups in total. The van der Waals surface area contributed by atoms with Crippen LogP contribution in [0.25, 0.3) is 0 Å². The number of carbonyl (C=O) groups is 2. The third kappa shape index (κ3) is 5.63. The number of halogens is 3. The maximum Gasteiger partial charge on any atom is 0.258 e. The number of benzene rings is 2. The van der Waals surface area contributed by atoms with Crippen LogP contribution in [-0.4, -0.2) is 31.6 Å². The van der Waals surface area contributed by atoms with Crippen molar-refractivity contribution in [3.8, 4) is 11.5 Å². The Balaban J connectivity index is 1.82. The van der Waals surface area contributed by atoms with E-state index in [-0.39, 0.29) is 6.61 Å². The number of carbonyl (C=O) groups excluding carboxylic acids is 2. The second kappa shape index (κ2) is 9.46. The molecule has 0 atom stereocenters. The predicted molar refractivity (Wildman–Crippen MR) is 91.1 cm³/mol. The maximum atomic E-state index is 13.5. The Morgan fingerprint density at radius 3 is 2.26 bits per heavy atom. The van der Waals surface area contributed by atoms with Crippen molar-refractivity contribution >= 4 is 17.5 Å². The van der Waals surface area contributed by atoms with E-state index in [0.29, 0.717) is 24.2 Å². The van der Waals surface area contributed by atoms with Gasteiger partial charge in [-0.1, -0.05) is 12.1 Å². The summed E-state index contributed by atoms with van der Waals surface area (Å²) in [5.41, 5.74) is -0.532. The van der Waals surface area contributed by atoms with Gasteiger partial charge in [-0.05, 0) is 31.2 Å². The minimum Gasteiger partial charge on any atom is -0.490 e. The summed E-state index contributed by atoms with van der Waals surface area (Å²) in [6.07, 6.45) is 0. The third-order valence-electron chi connectivity index (χ3n) is 3.26. The zero-order valence-electron chi connectivity index (χ0n) is 14.4. The highest BCUT2D eigenvalue weighted by atomic mass is 19.2.